The molecule has 2 atom stereocenters. The molecule has 2 aromatic carbocycles. The summed E-state index contributed by atoms with van der Waals surface area (Å²) in [4.78, 5) is 30.3. The lowest BCUT2D eigenvalue weighted by Crippen LogP contribution is -2.46. The fraction of sp³-hybridized carbons (Fsp3) is 0.467. The van der Waals surface area contributed by atoms with Crippen molar-refractivity contribution in [2.75, 3.05) is 57.9 Å². The van der Waals surface area contributed by atoms with Gasteiger partial charge in [0.05, 0.1) is 27.9 Å². The van der Waals surface area contributed by atoms with Crippen LogP contribution in [0.4, 0.5) is 10.5 Å². The number of anilines is 1. The fourth-order valence-corrected chi connectivity index (χ4v) is 5.57. The van der Waals surface area contributed by atoms with Crippen LogP contribution < -0.4 is 15.2 Å². The van der Waals surface area contributed by atoms with Gasteiger partial charge in [-0.05, 0) is 70.5 Å². The average molecular weight is 622 g/mol. The third-order valence-corrected chi connectivity index (χ3v) is 9.00. The van der Waals surface area contributed by atoms with Crippen molar-refractivity contribution < 1.29 is 14.3 Å². The van der Waals surface area contributed by atoms with Crippen molar-refractivity contribution in [1.82, 2.24) is 14.1 Å². The zero-order valence-electron chi connectivity index (χ0n) is 24.1. The number of aromatic nitrogens is 1. The molecule has 0 radical (unpaired) electrons. The summed E-state index contributed by atoms with van der Waals surface area (Å²) in [7, 11) is 1.96. The molecule has 8 nitrogen and oxygen atoms in total. The van der Waals surface area contributed by atoms with Crippen LogP contribution in [0.3, 0.4) is 0 Å². The first-order chi connectivity index (χ1) is 19.7. The lowest BCUT2D eigenvalue weighted by Gasteiger charge is -2.36. The molecule has 0 bridgehead atoms. The van der Waals surface area contributed by atoms with Crippen molar-refractivity contribution in [2.45, 2.75) is 32.9 Å². The van der Waals surface area contributed by atoms with Gasteiger partial charge in [0.25, 0.3) is 5.56 Å². The summed E-state index contributed by atoms with van der Waals surface area (Å²) in [6.07, 6.45) is 0.752. The van der Waals surface area contributed by atoms with E-state index in [4.69, 9.17) is 32.7 Å². The molecule has 1 aromatic heterocycles. The summed E-state index contributed by atoms with van der Waals surface area (Å²) in [6, 6.07) is 14.8. The maximum atomic E-state index is 13.0. The Kier molecular flexibility index (Phi) is 11.2. The molecule has 1 fully saturated rings. The Morgan fingerprint density at radius 1 is 1.05 bits per heavy atom. The number of carbonyl (C=O) groups is 1. The number of unbranched alkanes of at least 4 members (excludes halogenated alkanes) is 1. The molecule has 1 saturated heterocycles. The minimum absolute atomic E-state index is 0.107. The van der Waals surface area contributed by atoms with E-state index in [-0.39, 0.29) is 20.2 Å². The Bertz CT molecular complexity index is 1390. The van der Waals surface area contributed by atoms with Gasteiger partial charge in [-0.15, -0.1) is 0 Å². The Morgan fingerprint density at radius 3 is 2.49 bits per heavy atom. The minimum Gasteiger partial charge on any atom is -0.494 e. The molecule has 4 rings (SSSR count). The van der Waals surface area contributed by atoms with Crippen molar-refractivity contribution in [3.63, 3.8) is 0 Å². The largest absolute Gasteiger partial charge is 0.494 e. The number of pyridine rings is 1. The summed E-state index contributed by atoms with van der Waals surface area (Å²) in [5.41, 5.74) is 1.46. The van der Waals surface area contributed by atoms with Gasteiger partial charge in [0.1, 0.15) is 5.75 Å². The quantitative estimate of drug-likeness (QED) is 0.175. The van der Waals surface area contributed by atoms with E-state index < -0.39 is 12.3 Å². The van der Waals surface area contributed by atoms with Crippen LogP contribution in [0.2, 0.25) is 10.0 Å². The zero-order chi connectivity index (χ0) is 29.5. The second-order valence-corrected chi connectivity index (χ2v) is 12.4. The second-order valence-electron chi connectivity index (χ2n) is 10.5. The van der Waals surface area contributed by atoms with Gasteiger partial charge < -0.3 is 14.4 Å². The molecule has 11 heteroatoms. The van der Waals surface area contributed by atoms with E-state index in [9.17, 15) is 9.59 Å². The molecule has 1 aliphatic rings. The van der Waals surface area contributed by atoms with Crippen molar-refractivity contribution in [3.05, 3.63) is 68.9 Å². The van der Waals surface area contributed by atoms with Crippen LogP contribution in [0.25, 0.3) is 10.9 Å². The molecule has 1 amide bonds. The fourth-order valence-electron chi connectivity index (χ4n) is 4.92. The molecular weight excluding hydrogens is 582 g/mol. The Hall–Kier alpha value is -2.51. The lowest BCUT2D eigenvalue weighted by molar-refractivity contribution is 0.0167. The van der Waals surface area contributed by atoms with Gasteiger partial charge in [-0.25, -0.2) is 4.79 Å². The SMILES string of the molecule is CPN(C)C(=O)OC(C(C)C)n1c(=O)ccc2ccc(OCCCCN3CCN(c4cccc(Cl)c4Cl)CC3)cc21. The number of rotatable bonds is 11. The molecule has 222 valence electrons. The maximum Gasteiger partial charge on any atom is 0.414 e. The summed E-state index contributed by atoms with van der Waals surface area (Å²) in [6.45, 7) is 11.1. The van der Waals surface area contributed by atoms with Crippen LogP contribution in [0.5, 0.6) is 5.75 Å². The van der Waals surface area contributed by atoms with Crippen molar-refractivity contribution >= 4 is 54.6 Å². The van der Waals surface area contributed by atoms with Crippen LogP contribution in [0.1, 0.15) is 32.9 Å². The van der Waals surface area contributed by atoms with Gasteiger partial charge in [0.2, 0.25) is 0 Å². The Labute approximate surface area is 253 Å². The summed E-state index contributed by atoms with van der Waals surface area (Å²) < 4.78 is 15.0. The van der Waals surface area contributed by atoms with Crippen LogP contribution in [0.15, 0.2) is 53.3 Å². The van der Waals surface area contributed by atoms with E-state index in [0.717, 1.165) is 56.6 Å². The first-order valence-corrected chi connectivity index (χ1v) is 16.2. The number of nitrogens with zero attached hydrogens (tertiary/aromatic N) is 4. The molecular formula is C30H39Cl2N4O4P. The predicted octanol–water partition coefficient (Wildman–Crippen LogP) is 6.74. The topological polar surface area (TPSA) is 67.2 Å². The number of halogens is 2. The van der Waals surface area contributed by atoms with E-state index in [1.165, 1.54) is 10.7 Å². The first-order valence-electron chi connectivity index (χ1n) is 14.0. The van der Waals surface area contributed by atoms with Crippen molar-refractivity contribution in [1.29, 1.82) is 0 Å². The lowest BCUT2D eigenvalue weighted by atomic mass is 10.1. The van der Waals surface area contributed by atoms with Crippen LogP contribution in [0, 0.1) is 5.92 Å². The molecule has 3 aromatic rings. The number of carbonyl (C=O) groups excluding carboxylic acids is 1. The molecule has 41 heavy (non-hydrogen) atoms. The number of hydrogen-bond donors (Lipinski definition) is 0. The van der Waals surface area contributed by atoms with Crippen LogP contribution in [-0.2, 0) is 4.74 Å². The third kappa shape index (κ3) is 7.86. The van der Waals surface area contributed by atoms with E-state index in [2.05, 4.69) is 9.80 Å². The number of hydrogen-bond acceptors (Lipinski definition) is 6. The van der Waals surface area contributed by atoms with Gasteiger partial charge in [-0.2, -0.15) is 0 Å². The van der Waals surface area contributed by atoms with Crippen LogP contribution >= 0.6 is 31.9 Å². The number of amides is 1. The van der Waals surface area contributed by atoms with Gasteiger partial charge >= 0.3 is 6.09 Å². The van der Waals surface area contributed by atoms with Gasteiger partial charge in [0, 0.05) is 51.3 Å². The number of benzene rings is 2. The van der Waals surface area contributed by atoms with Crippen molar-refractivity contribution in [2.24, 2.45) is 5.92 Å². The Morgan fingerprint density at radius 2 is 1.78 bits per heavy atom. The summed E-state index contributed by atoms with van der Waals surface area (Å²) >= 11 is 12.6. The highest BCUT2D eigenvalue weighted by Gasteiger charge is 2.25. The molecule has 0 saturated carbocycles. The predicted molar refractivity (Wildman–Crippen MR) is 170 cm³/mol. The number of piperazine rings is 1. The standard InChI is InChI=1S/C30H39Cl2N4O4P/c1-21(2)29(40-30(38)33(3)41-4)36-26-20-23(12-10-22(26)11-13-27(36)37)39-19-6-5-14-34-15-17-35(18-16-34)25-9-7-8-24(31)28(25)32/h7-13,20-21,29,41H,5-6,14-19H2,1-4H3. The molecule has 2 heterocycles. The first kappa shape index (κ1) is 31.4. The molecule has 1 aliphatic heterocycles. The summed E-state index contributed by atoms with van der Waals surface area (Å²) in [5.74, 6) is 0.578. The number of ether oxygens (including phenoxy) is 2. The van der Waals surface area contributed by atoms with E-state index >= 15 is 0 Å². The third-order valence-electron chi connectivity index (χ3n) is 7.34. The van der Waals surface area contributed by atoms with Gasteiger partial charge in [0.15, 0.2) is 6.23 Å². The highest BCUT2D eigenvalue weighted by molar-refractivity contribution is 7.35. The van der Waals surface area contributed by atoms with E-state index in [1.807, 2.05) is 56.9 Å². The molecule has 0 aliphatic carbocycles. The summed E-state index contributed by atoms with van der Waals surface area (Å²) in [5, 5.41) is 2.09. The molecule has 0 spiro atoms. The normalized spacial score (nSPS) is 15.1. The van der Waals surface area contributed by atoms with E-state index in [0.29, 0.717) is 27.9 Å². The number of fused-ring (bicyclic) bond motifs is 1. The van der Waals surface area contributed by atoms with Crippen molar-refractivity contribution in [3.8, 4) is 5.75 Å². The van der Waals surface area contributed by atoms with E-state index in [1.54, 1.807) is 17.7 Å². The van der Waals surface area contributed by atoms with Gasteiger partial charge in [-0.1, -0.05) is 43.1 Å². The monoisotopic (exact) mass is 620 g/mol. The van der Waals surface area contributed by atoms with Gasteiger partial charge in [-0.3, -0.25) is 18.9 Å². The zero-order valence-corrected chi connectivity index (χ0v) is 26.6. The molecule has 0 N–H and O–H groups in total. The van der Waals surface area contributed by atoms with Crippen LogP contribution in [-0.4, -0.2) is 73.3 Å². The highest BCUT2D eigenvalue weighted by atomic mass is 35.5. The maximum absolute atomic E-state index is 13.0. The molecule has 2 unspecified atom stereocenters. The Balaban J connectivity index is 1.32. The minimum atomic E-state index is -0.733. The smallest absolute Gasteiger partial charge is 0.414 e. The second kappa shape index (κ2) is 14.6. The highest BCUT2D eigenvalue weighted by Crippen LogP contribution is 2.33. The average Bonchev–Trinajstić information content (AvgIpc) is 2.97.